The second-order valence-corrected chi connectivity index (χ2v) is 6.20. The first kappa shape index (κ1) is 19.1. The minimum absolute atomic E-state index is 0.0302. The van der Waals surface area contributed by atoms with Gasteiger partial charge in [-0.3, -0.25) is 19.7 Å². The Balaban J connectivity index is 2.16. The van der Waals surface area contributed by atoms with Crippen molar-refractivity contribution in [3.63, 3.8) is 0 Å². The van der Waals surface area contributed by atoms with Gasteiger partial charge in [-0.2, -0.15) is 0 Å². The normalized spacial score (nSPS) is 10.3. The summed E-state index contributed by atoms with van der Waals surface area (Å²) < 4.78 is 0. The zero-order valence-electron chi connectivity index (χ0n) is 15.2. The van der Waals surface area contributed by atoms with Gasteiger partial charge in [0.05, 0.1) is 11.5 Å². The molecule has 1 N–H and O–H groups in total. The molecular formula is C19H21N3O4. The van der Waals surface area contributed by atoms with Crippen LogP contribution in [0.3, 0.4) is 0 Å². The molecule has 0 heterocycles. The Kier molecular flexibility index (Phi) is 5.71. The highest BCUT2D eigenvalue weighted by Gasteiger charge is 2.25. The van der Waals surface area contributed by atoms with Gasteiger partial charge in [-0.05, 0) is 38.0 Å². The van der Waals surface area contributed by atoms with Gasteiger partial charge in [-0.15, -0.1) is 0 Å². The molecule has 0 saturated heterocycles. The number of nitro groups is 1. The van der Waals surface area contributed by atoms with E-state index in [0.717, 1.165) is 11.1 Å². The van der Waals surface area contributed by atoms with E-state index < -0.39 is 10.8 Å². The van der Waals surface area contributed by atoms with E-state index in [0.29, 0.717) is 11.3 Å². The van der Waals surface area contributed by atoms with E-state index in [1.165, 1.54) is 18.0 Å². The average molecular weight is 355 g/mol. The fourth-order valence-electron chi connectivity index (χ4n) is 2.76. The first-order valence-electron chi connectivity index (χ1n) is 8.08. The van der Waals surface area contributed by atoms with Crippen LogP contribution in [0.15, 0.2) is 36.4 Å². The van der Waals surface area contributed by atoms with Crippen LogP contribution in [0, 0.1) is 30.9 Å². The standard InChI is InChI=1S/C19H21N3O4/c1-12-7-5-8-13(2)17(12)20-16(23)11-21(4)19(24)15-10-6-9-14(3)18(15)22(25)26/h5-10H,11H2,1-4H3,(H,20,23). The number of rotatable bonds is 5. The zero-order chi connectivity index (χ0) is 19.4. The quantitative estimate of drug-likeness (QED) is 0.658. The number of aryl methyl sites for hydroxylation is 3. The summed E-state index contributed by atoms with van der Waals surface area (Å²) in [5.74, 6) is -0.939. The third-order valence-electron chi connectivity index (χ3n) is 4.12. The molecule has 0 fully saturated rings. The van der Waals surface area contributed by atoms with E-state index >= 15 is 0 Å². The van der Waals surface area contributed by atoms with Gasteiger partial charge >= 0.3 is 0 Å². The van der Waals surface area contributed by atoms with Gasteiger partial charge in [0.2, 0.25) is 5.91 Å². The van der Waals surface area contributed by atoms with Crippen molar-refractivity contribution in [2.75, 3.05) is 18.9 Å². The minimum Gasteiger partial charge on any atom is -0.332 e. The summed E-state index contributed by atoms with van der Waals surface area (Å²) in [5, 5.41) is 14.1. The summed E-state index contributed by atoms with van der Waals surface area (Å²) in [4.78, 5) is 36.8. The first-order valence-corrected chi connectivity index (χ1v) is 8.08. The van der Waals surface area contributed by atoms with E-state index in [-0.39, 0.29) is 23.7 Å². The number of benzene rings is 2. The summed E-state index contributed by atoms with van der Waals surface area (Å²) >= 11 is 0. The maximum Gasteiger partial charge on any atom is 0.285 e. The molecule has 7 heteroatoms. The third kappa shape index (κ3) is 4.05. The lowest BCUT2D eigenvalue weighted by atomic mass is 10.1. The SMILES string of the molecule is Cc1cccc(C)c1NC(=O)CN(C)C(=O)c1cccc(C)c1[N+](=O)[O-]. The fourth-order valence-corrected chi connectivity index (χ4v) is 2.76. The van der Waals surface area contributed by atoms with Crippen molar-refractivity contribution in [2.24, 2.45) is 0 Å². The average Bonchev–Trinajstić information content (AvgIpc) is 2.57. The van der Waals surface area contributed by atoms with Crippen molar-refractivity contribution < 1.29 is 14.5 Å². The minimum atomic E-state index is -0.576. The zero-order valence-corrected chi connectivity index (χ0v) is 15.2. The summed E-state index contributed by atoms with van der Waals surface area (Å²) in [7, 11) is 1.44. The number of nitrogens with zero attached hydrogens (tertiary/aromatic N) is 2. The summed E-state index contributed by atoms with van der Waals surface area (Å²) in [6.45, 7) is 5.13. The van der Waals surface area contributed by atoms with Crippen LogP contribution in [0.25, 0.3) is 0 Å². The number of para-hydroxylation sites is 2. The largest absolute Gasteiger partial charge is 0.332 e. The second kappa shape index (κ2) is 7.77. The van der Waals surface area contributed by atoms with Crippen molar-refractivity contribution in [3.05, 3.63) is 68.8 Å². The van der Waals surface area contributed by atoms with Crippen LogP contribution in [0.1, 0.15) is 27.0 Å². The molecular weight excluding hydrogens is 334 g/mol. The number of hydrogen-bond donors (Lipinski definition) is 1. The molecule has 7 nitrogen and oxygen atoms in total. The van der Waals surface area contributed by atoms with E-state index in [9.17, 15) is 19.7 Å². The molecule has 136 valence electrons. The van der Waals surface area contributed by atoms with Crippen molar-refractivity contribution in [3.8, 4) is 0 Å². The van der Waals surface area contributed by atoms with Crippen molar-refractivity contribution in [2.45, 2.75) is 20.8 Å². The predicted molar refractivity (Wildman–Crippen MR) is 99.3 cm³/mol. The first-order chi connectivity index (χ1) is 12.2. The lowest BCUT2D eigenvalue weighted by Gasteiger charge is -2.18. The van der Waals surface area contributed by atoms with Gasteiger partial charge in [-0.1, -0.05) is 30.3 Å². The van der Waals surface area contributed by atoms with E-state index in [4.69, 9.17) is 0 Å². The van der Waals surface area contributed by atoms with Crippen molar-refractivity contribution in [1.29, 1.82) is 0 Å². The van der Waals surface area contributed by atoms with Crippen LogP contribution < -0.4 is 5.32 Å². The van der Waals surface area contributed by atoms with Gasteiger partial charge in [0, 0.05) is 18.3 Å². The smallest absolute Gasteiger partial charge is 0.285 e. The third-order valence-corrected chi connectivity index (χ3v) is 4.12. The molecule has 0 saturated carbocycles. The Labute approximate surface area is 151 Å². The van der Waals surface area contributed by atoms with Crippen molar-refractivity contribution >= 4 is 23.2 Å². The van der Waals surface area contributed by atoms with E-state index in [1.54, 1.807) is 19.1 Å². The molecule has 2 aromatic carbocycles. The monoisotopic (exact) mass is 355 g/mol. The molecule has 2 rings (SSSR count). The Bertz CT molecular complexity index is 857. The van der Waals surface area contributed by atoms with Crippen LogP contribution in [0.5, 0.6) is 0 Å². The lowest BCUT2D eigenvalue weighted by Crippen LogP contribution is -2.35. The predicted octanol–water partition coefficient (Wildman–Crippen LogP) is 3.23. The van der Waals surface area contributed by atoms with Gasteiger partial charge in [0.25, 0.3) is 11.6 Å². The molecule has 2 aromatic rings. The molecule has 0 aromatic heterocycles. The maximum atomic E-state index is 12.6. The molecule has 2 amide bonds. The number of anilines is 1. The van der Waals surface area contributed by atoms with Crippen molar-refractivity contribution in [1.82, 2.24) is 4.90 Å². The number of nitro benzene ring substituents is 1. The fraction of sp³-hybridized carbons (Fsp3) is 0.263. The maximum absolute atomic E-state index is 12.6. The molecule has 0 aliphatic rings. The highest BCUT2D eigenvalue weighted by atomic mass is 16.6. The van der Waals surface area contributed by atoms with Crippen LogP contribution in [0.4, 0.5) is 11.4 Å². The Morgan fingerprint density at radius 1 is 1.04 bits per heavy atom. The molecule has 0 atom stereocenters. The number of nitrogens with one attached hydrogen (secondary N) is 1. The lowest BCUT2D eigenvalue weighted by molar-refractivity contribution is -0.385. The topological polar surface area (TPSA) is 92.6 Å². The highest BCUT2D eigenvalue weighted by molar-refractivity contribution is 6.02. The van der Waals surface area contributed by atoms with Gasteiger partial charge in [-0.25, -0.2) is 0 Å². The number of amides is 2. The Morgan fingerprint density at radius 3 is 2.15 bits per heavy atom. The molecule has 0 spiro atoms. The Hall–Kier alpha value is -3.22. The number of carbonyl (C=O) groups excluding carboxylic acids is 2. The van der Waals surface area contributed by atoms with Crippen LogP contribution in [-0.4, -0.2) is 35.2 Å². The molecule has 26 heavy (non-hydrogen) atoms. The van der Waals surface area contributed by atoms with Crippen LogP contribution in [0.2, 0.25) is 0 Å². The molecule has 0 radical (unpaired) electrons. The van der Waals surface area contributed by atoms with Gasteiger partial charge < -0.3 is 10.2 Å². The second-order valence-electron chi connectivity index (χ2n) is 6.20. The number of carbonyl (C=O) groups is 2. The summed E-state index contributed by atoms with van der Waals surface area (Å²) in [5.41, 5.74) is 2.68. The molecule has 0 bridgehead atoms. The van der Waals surface area contributed by atoms with Gasteiger partial charge in [0.15, 0.2) is 0 Å². The van der Waals surface area contributed by atoms with Crippen LogP contribution >= 0.6 is 0 Å². The molecule has 0 unspecified atom stereocenters. The summed E-state index contributed by atoms with van der Waals surface area (Å²) in [6, 6.07) is 10.2. The molecule has 0 aliphatic heterocycles. The Morgan fingerprint density at radius 2 is 1.58 bits per heavy atom. The van der Waals surface area contributed by atoms with Crippen LogP contribution in [-0.2, 0) is 4.79 Å². The summed E-state index contributed by atoms with van der Waals surface area (Å²) in [6.07, 6.45) is 0. The van der Waals surface area contributed by atoms with E-state index in [2.05, 4.69) is 5.32 Å². The van der Waals surface area contributed by atoms with Gasteiger partial charge in [0.1, 0.15) is 5.56 Å². The van der Waals surface area contributed by atoms with E-state index in [1.807, 2.05) is 32.0 Å². The molecule has 0 aliphatic carbocycles. The highest BCUT2D eigenvalue weighted by Crippen LogP contribution is 2.24. The number of hydrogen-bond acceptors (Lipinski definition) is 4. The number of likely N-dealkylation sites (N-methyl/N-ethyl adjacent to an activating group) is 1.